The van der Waals surface area contributed by atoms with E-state index in [1.807, 2.05) is 6.07 Å². The van der Waals surface area contributed by atoms with Gasteiger partial charge in [-0.1, -0.05) is 0 Å². The zero-order valence-electron chi connectivity index (χ0n) is 8.77. The maximum absolute atomic E-state index is 11.9. The van der Waals surface area contributed by atoms with Crippen molar-refractivity contribution in [3.63, 3.8) is 0 Å². The Kier molecular flexibility index (Phi) is 2.11. The van der Waals surface area contributed by atoms with Crippen LogP contribution in [0.3, 0.4) is 0 Å². The topological polar surface area (TPSA) is 86.5 Å². The van der Waals surface area contributed by atoms with E-state index in [1.54, 1.807) is 30.7 Å². The van der Waals surface area contributed by atoms with Gasteiger partial charge >= 0.3 is 0 Å². The molecular formula is C11H9N5O. The van der Waals surface area contributed by atoms with Gasteiger partial charge in [0.1, 0.15) is 0 Å². The van der Waals surface area contributed by atoms with E-state index in [4.69, 9.17) is 0 Å². The van der Waals surface area contributed by atoms with Crippen LogP contribution in [0.4, 0.5) is 5.69 Å². The lowest BCUT2D eigenvalue weighted by Gasteiger charge is -2.01. The van der Waals surface area contributed by atoms with Crippen molar-refractivity contribution < 1.29 is 4.79 Å². The Morgan fingerprint density at radius 2 is 2.18 bits per heavy atom. The van der Waals surface area contributed by atoms with Gasteiger partial charge in [-0.2, -0.15) is 10.2 Å². The highest BCUT2D eigenvalue weighted by Gasteiger charge is 2.07. The predicted molar refractivity (Wildman–Crippen MR) is 62.6 cm³/mol. The Labute approximate surface area is 96.0 Å². The molecule has 84 valence electrons. The van der Waals surface area contributed by atoms with Crippen LogP contribution in [0.25, 0.3) is 10.9 Å². The lowest BCUT2D eigenvalue weighted by molar-refractivity contribution is 0.102. The minimum atomic E-state index is -0.172. The molecule has 0 saturated carbocycles. The number of H-pyrrole nitrogens is 2. The fourth-order valence-corrected chi connectivity index (χ4v) is 1.61. The maximum atomic E-state index is 11.9. The molecule has 6 nitrogen and oxygen atoms in total. The summed E-state index contributed by atoms with van der Waals surface area (Å²) in [6.07, 6.45) is 4.85. The maximum Gasteiger partial charge on any atom is 0.255 e. The summed E-state index contributed by atoms with van der Waals surface area (Å²) in [5.41, 5.74) is 2.13. The lowest BCUT2D eigenvalue weighted by Crippen LogP contribution is -2.11. The number of carbonyl (C=O) groups excluding carboxylic acids is 1. The van der Waals surface area contributed by atoms with E-state index < -0.39 is 0 Å². The van der Waals surface area contributed by atoms with Gasteiger partial charge in [-0.05, 0) is 18.2 Å². The van der Waals surface area contributed by atoms with E-state index in [0.717, 1.165) is 10.9 Å². The second kappa shape index (κ2) is 3.75. The summed E-state index contributed by atoms with van der Waals surface area (Å²) in [5, 5.41) is 16.8. The average Bonchev–Trinajstić information content (AvgIpc) is 2.97. The standard InChI is InChI=1S/C11H9N5O/c17-11(15-9-5-12-13-6-9)7-1-2-10-8(3-7)4-14-16-10/h1-6H,(H,12,13)(H,14,16)(H,15,17). The monoisotopic (exact) mass is 227 g/mol. The van der Waals surface area contributed by atoms with Crippen molar-refractivity contribution in [2.24, 2.45) is 0 Å². The summed E-state index contributed by atoms with van der Waals surface area (Å²) in [6.45, 7) is 0. The van der Waals surface area contributed by atoms with Crippen molar-refractivity contribution in [3.05, 3.63) is 42.4 Å². The highest BCUT2D eigenvalue weighted by atomic mass is 16.1. The van der Waals surface area contributed by atoms with Crippen LogP contribution < -0.4 is 5.32 Å². The fourth-order valence-electron chi connectivity index (χ4n) is 1.61. The van der Waals surface area contributed by atoms with Crippen LogP contribution in [0.1, 0.15) is 10.4 Å². The Hall–Kier alpha value is -2.63. The third kappa shape index (κ3) is 1.76. The number of amides is 1. The van der Waals surface area contributed by atoms with Crippen LogP contribution in [0.5, 0.6) is 0 Å². The molecule has 0 fully saturated rings. The second-order valence-corrected chi connectivity index (χ2v) is 3.61. The number of aromatic nitrogens is 4. The summed E-state index contributed by atoms with van der Waals surface area (Å²) in [7, 11) is 0. The molecule has 0 aliphatic rings. The molecule has 6 heteroatoms. The molecule has 0 bridgehead atoms. The smallest absolute Gasteiger partial charge is 0.255 e. The van der Waals surface area contributed by atoms with Gasteiger partial charge in [0.2, 0.25) is 0 Å². The number of rotatable bonds is 2. The Morgan fingerprint density at radius 3 is 3.00 bits per heavy atom. The first-order valence-electron chi connectivity index (χ1n) is 5.06. The molecule has 3 aromatic rings. The number of benzene rings is 1. The molecular weight excluding hydrogens is 218 g/mol. The molecule has 0 atom stereocenters. The summed E-state index contributed by atoms with van der Waals surface area (Å²) in [5.74, 6) is -0.172. The van der Waals surface area contributed by atoms with E-state index in [-0.39, 0.29) is 5.91 Å². The molecule has 1 amide bonds. The number of carbonyl (C=O) groups is 1. The minimum Gasteiger partial charge on any atom is -0.319 e. The van der Waals surface area contributed by atoms with Gasteiger partial charge in [0.15, 0.2) is 0 Å². The van der Waals surface area contributed by atoms with Crippen molar-refractivity contribution in [2.75, 3.05) is 5.32 Å². The molecule has 3 rings (SSSR count). The van der Waals surface area contributed by atoms with E-state index in [0.29, 0.717) is 11.3 Å². The number of aromatic amines is 2. The van der Waals surface area contributed by atoms with Crippen molar-refractivity contribution in [2.45, 2.75) is 0 Å². The van der Waals surface area contributed by atoms with Crippen molar-refractivity contribution in [1.29, 1.82) is 0 Å². The summed E-state index contributed by atoms with van der Waals surface area (Å²) < 4.78 is 0. The van der Waals surface area contributed by atoms with E-state index >= 15 is 0 Å². The number of fused-ring (bicyclic) bond motifs is 1. The zero-order valence-corrected chi connectivity index (χ0v) is 8.77. The highest BCUT2D eigenvalue weighted by molar-refractivity contribution is 6.06. The molecule has 0 aliphatic heterocycles. The quantitative estimate of drug-likeness (QED) is 0.620. The average molecular weight is 227 g/mol. The zero-order chi connectivity index (χ0) is 11.7. The normalized spacial score (nSPS) is 10.6. The Balaban J connectivity index is 1.90. The van der Waals surface area contributed by atoms with Crippen molar-refractivity contribution >= 4 is 22.5 Å². The van der Waals surface area contributed by atoms with Gasteiger partial charge in [-0.25, -0.2) is 0 Å². The van der Waals surface area contributed by atoms with Crippen LogP contribution in [0.2, 0.25) is 0 Å². The van der Waals surface area contributed by atoms with Crippen LogP contribution in [-0.2, 0) is 0 Å². The molecule has 17 heavy (non-hydrogen) atoms. The van der Waals surface area contributed by atoms with Crippen LogP contribution in [0.15, 0.2) is 36.8 Å². The van der Waals surface area contributed by atoms with Gasteiger partial charge in [0.25, 0.3) is 5.91 Å². The first-order chi connectivity index (χ1) is 8.33. The van der Waals surface area contributed by atoms with E-state index in [9.17, 15) is 4.79 Å². The number of nitrogens with zero attached hydrogens (tertiary/aromatic N) is 2. The minimum absolute atomic E-state index is 0.172. The number of hydrogen-bond acceptors (Lipinski definition) is 3. The van der Waals surface area contributed by atoms with Gasteiger partial charge in [-0.3, -0.25) is 15.0 Å². The van der Waals surface area contributed by atoms with E-state index in [1.165, 1.54) is 0 Å². The number of hydrogen-bond donors (Lipinski definition) is 3. The third-order valence-corrected chi connectivity index (χ3v) is 2.46. The molecule has 2 heterocycles. The lowest BCUT2D eigenvalue weighted by atomic mass is 10.1. The van der Waals surface area contributed by atoms with Gasteiger partial charge in [-0.15, -0.1) is 0 Å². The van der Waals surface area contributed by atoms with Crippen LogP contribution in [0, 0.1) is 0 Å². The molecule has 0 saturated heterocycles. The largest absolute Gasteiger partial charge is 0.319 e. The number of anilines is 1. The molecule has 0 aliphatic carbocycles. The first-order valence-corrected chi connectivity index (χ1v) is 5.06. The molecule has 1 aromatic carbocycles. The molecule has 0 spiro atoms. The Morgan fingerprint density at radius 1 is 1.24 bits per heavy atom. The summed E-state index contributed by atoms with van der Waals surface area (Å²) >= 11 is 0. The van der Waals surface area contributed by atoms with Crippen molar-refractivity contribution in [3.8, 4) is 0 Å². The highest BCUT2D eigenvalue weighted by Crippen LogP contribution is 2.14. The van der Waals surface area contributed by atoms with Gasteiger partial charge in [0.05, 0.1) is 23.6 Å². The molecule has 0 radical (unpaired) electrons. The van der Waals surface area contributed by atoms with Crippen LogP contribution in [-0.4, -0.2) is 26.3 Å². The predicted octanol–water partition coefficient (Wildman–Crippen LogP) is 1.54. The number of nitrogens with one attached hydrogen (secondary N) is 3. The fraction of sp³-hybridized carbons (Fsp3) is 0. The van der Waals surface area contributed by atoms with E-state index in [2.05, 4.69) is 25.7 Å². The summed E-state index contributed by atoms with van der Waals surface area (Å²) in [4.78, 5) is 11.9. The van der Waals surface area contributed by atoms with Gasteiger partial charge < -0.3 is 5.32 Å². The molecule has 2 aromatic heterocycles. The second-order valence-electron chi connectivity index (χ2n) is 3.61. The molecule has 0 unspecified atom stereocenters. The summed E-state index contributed by atoms with van der Waals surface area (Å²) in [6, 6.07) is 5.36. The first kappa shape index (κ1) is 9.59. The third-order valence-electron chi connectivity index (χ3n) is 2.46. The van der Waals surface area contributed by atoms with Crippen LogP contribution >= 0.6 is 0 Å². The Bertz CT molecular complexity index is 655. The van der Waals surface area contributed by atoms with Crippen molar-refractivity contribution in [1.82, 2.24) is 20.4 Å². The SMILES string of the molecule is O=C(Nc1cn[nH]c1)c1ccc2[nH]ncc2c1. The molecule has 3 N–H and O–H groups in total. The van der Waals surface area contributed by atoms with Gasteiger partial charge in [0, 0.05) is 17.1 Å².